The molecule has 0 radical (unpaired) electrons. The fourth-order valence-corrected chi connectivity index (χ4v) is 2.77. The molecule has 130 valence electrons. The highest BCUT2D eigenvalue weighted by Gasteiger charge is 2.30. The molecule has 1 N–H and O–H groups in total. The SMILES string of the molecule is CNCC1CCN(C(=O)Cc2ccc(C(F)(F)F)cc2)CC1.Cl. The number of rotatable bonds is 4. The van der Waals surface area contributed by atoms with Crippen molar-refractivity contribution in [2.24, 2.45) is 5.92 Å². The molecule has 1 aromatic carbocycles. The molecule has 7 heteroatoms. The molecule has 0 atom stereocenters. The van der Waals surface area contributed by atoms with Crippen molar-refractivity contribution in [3.05, 3.63) is 35.4 Å². The van der Waals surface area contributed by atoms with Crippen molar-refractivity contribution in [1.82, 2.24) is 10.2 Å². The van der Waals surface area contributed by atoms with E-state index in [1.54, 1.807) is 0 Å². The molecule has 1 aliphatic rings. The van der Waals surface area contributed by atoms with Gasteiger partial charge in [0.1, 0.15) is 0 Å². The molecule has 1 fully saturated rings. The molecule has 2 rings (SSSR count). The van der Waals surface area contributed by atoms with Gasteiger partial charge < -0.3 is 10.2 Å². The maximum atomic E-state index is 12.5. The Labute approximate surface area is 140 Å². The topological polar surface area (TPSA) is 32.3 Å². The lowest BCUT2D eigenvalue weighted by atomic mass is 9.96. The predicted octanol–water partition coefficient (Wildman–Crippen LogP) is 3.13. The average Bonchev–Trinajstić information content (AvgIpc) is 2.48. The van der Waals surface area contributed by atoms with Crippen molar-refractivity contribution in [2.75, 3.05) is 26.7 Å². The predicted molar refractivity (Wildman–Crippen MR) is 85.6 cm³/mol. The molecular formula is C16H22ClF3N2O. The van der Waals surface area contributed by atoms with Crippen LogP contribution in [-0.2, 0) is 17.4 Å². The number of amides is 1. The standard InChI is InChI=1S/C16H21F3N2O.ClH/c1-20-11-13-6-8-21(9-7-13)15(22)10-12-2-4-14(5-3-12)16(17,18)19;/h2-5,13,20H,6-11H2,1H3;1H. The maximum absolute atomic E-state index is 12.5. The number of alkyl halides is 3. The van der Waals surface area contributed by atoms with Crippen LogP contribution in [-0.4, -0.2) is 37.5 Å². The van der Waals surface area contributed by atoms with E-state index >= 15 is 0 Å². The van der Waals surface area contributed by atoms with E-state index in [0.29, 0.717) is 11.5 Å². The van der Waals surface area contributed by atoms with Crippen LogP contribution in [0, 0.1) is 5.92 Å². The lowest BCUT2D eigenvalue weighted by molar-refractivity contribution is -0.137. The van der Waals surface area contributed by atoms with Gasteiger partial charge >= 0.3 is 6.18 Å². The van der Waals surface area contributed by atoms with E-state index in [2.05, 4.69) is 5.32 Å². The zero-order valence-corrected chi connectivity index (χ0v) is 13.8. The van der Waals surface area contributed by atoms with Crippen LogP contribution in [0.1, 0.15) is 24.0 Å². The summed E-state index contributed by atoms with van der Waals surface area (Å²) in [5, 5.41) is 3.14. The van der Waals surface area contributed by atoms with Crippen LogP contribution >= 0.6 is 12.4 Å². The summed E-state index contributed by atoms with van der Waals surface area (Å²) < 4.78 is 37.5. The maximum Gasteiger partial charge on any atom is 0.416 e. The van der Waals surface area contributed by atoms with Gasteiger partial charge in [0, 0.05) is 13.1 Å². The van der Waals surface area contributed by atoms with Crippen molar-refractivity contribution in [1.29, 1.82) is 0 Å². The molecule has 1 amide bonds. The van der Waals surface area contributed by atoms with Gasteiger partial charge in [-0.15, -0.1) is 12.4 Å². The van der Waals surface area contributed by atoms with E-state index in [1.807, 2.05) is 11.9 Å². The smallest absolute Gasteiger partial charge is 0.342 e. The zero-order chi connectivity index (χ0) is 16.2. The van der Waals surface area contributed by atoms with Gasteiger partial charge in [-0.05, 0) is 50.0 Å². The number of likely N-dealkylation sites (tertiary alicyclic amines) is 1. The van der Waals surface area contributed by atoms with E-state index in [9.17, 15) is 18.0 Å². The molecule has 1 saturated heterocycles. The summed E-state index contributed by atoms with van der Waals surface area (Å²) in [4.78, 5) is 14.0. The molecule has 1 heterocycles. The molecule has 3 nitrogen and oxygen atoms in total. The third-order valence-corrected chi connectivity index (χ3v) is 4.10. The summed E-state index contributed by atoms with van der Waals surface area (Å²) in [6, 6.07) is 4.83. The monoisotopic (exact) mass is 350 g/mol. The summed E-state index contributed by atoms with van der Waals surface area (Å²) in [7, 11) is 1.92. The minimum Gasteiger partial charge on any atom is -0.342 e. The van der Waals surface area contributed by atoms with Gasteiger partial charge in [0.2, 0.25) is 5.91 Å². The number of nitrogens with zero attached hydrogens (tertiary/aromatic N) is 1. The summed E-state index contributed by atoms with van der Waals surface area (Å²) in [5.41, 5.74) is -0.0630. The normalized spacial score (nSPS) is 16.1. The Morgan fingerprint density at radius 3 is 2.26 bits per heavy atom. The van der Waals surface area contributed by atoms with Crippen LogP contribution in [0.2, 0.25) is 0 Å². The molecule has 1 aliphatic heterocycles. The lowest BCUT2D eigenvalue weighted by Crippen LogP contribution is -2.41. The second-order valence-corrected chi connectivity index (χ2v) is 5.75. The van der Waals surface area contributed by atoms with E-state index in [0.717, 1.165) is 44.6 Å². The first-order chi connectivity index (χ1) is 10.4. The number of piperidine rings is 1. The first kappa shape index (κ1) is 19.8. The number of benzene rings is 1. The summed E-state index contributed by atoms with van der Waals surface area (Å²) in [5.74, 6) is 0.586. The number of carbonyl (C=O) groups excluding carboxylic acids is 1. The highest BCUT2D eigenvalue weighted by atomic mass is 35.5. The van der Waals surface area contributed by atoms with Crippen LogP contribution in [0.25, 0.3) is 0 Å². The first-order valence-corrected chi connectivity index (χ1v) is 7.48. The number of halogens is 4. The van der Waals surface area contributed by atoms with Crippen LogP contribution in [0.5, 0.6) is 0 Å². The number of nitrogens with one attached hydrogen (secondary N) is 1. The van der Waals surface area contributed by atoms with Gasteiger partial charge in [-0.2, -0.15) is 13.2 Å². The highest BCUT2D eigenvalue weighted by Crippen LogP contribution is 2.29. The molecule has 0 bridgehead atoms. The van der Waals surface area contributed by atoms with Gasteiger partial charge in [-0.25, -0.2) is 0 Å². The van der Waals surface area contributed by atoms with Crippen LogP contribution < -0.4 is 5.32 Å². The summed E-state index contributed by atoms with van der Waals surface area (Å²) >= 11 is 0. The van der Waals surface area contributed by atoms with E-state index < -0.39 is 11.7 Å². The average molecular weight is 351 g/mol. The minimum absolute atomic E-state index is 0. The Morgan fingerprint density at radius 2 is 1.78 bits per heavy atom. The quantitative estimate of drug-likeness (QED) is 0.905. The van der Waals surface area contributed by atoms with Crippen molar-refractivity contribution in [3.63, 3.8) is 0 Å². The van der Waals surface area contributed by atoms with E-state index in [1.165, 1.54) is 12.1 Å². The van der Waals surface area contributed by atoms with Crippen molar-refractivity contribution in [3.8, 4) is 0 Å². The molecule has 0 aliphatic carbocycles. The van der Waals surface area contributed by atoms with Gasteiger partial charge in [-0.3, -0.25) is 4.79 Å². The highest BCUT2D eigenvalue weighted by molar-refractivity contribution is 5.85. The third kappa shape index (κ3) is 5.70. The summed E-state index contributed by atoms with van der Waals surface area (Å²) in [6.07, 6.45) is -2.23. The second kappa shape index (κ2) is 8.55. The van der Waals surface area contributed by atoms with Gasteiger partial charge in [0.25, 0.3) is 0 Å². The summed E-state index contributed by atoms with van der Waals surface area (Å²) in [6.45, 7) is 2.42. The fourth-order valence-electron chi connectivity index (χ4n) is 2.77. The van der Waals surface area contributed by atoms with Gasteiger partial charge in [0.15, 0.2) is 0 Å². The van der Waals surface area contributed by atoms with Crippen molar-refractivity contribution < 1.29 is 18.0 Å². The van der Waals surface area contributed by atoms with Crippen LogP contribution in [0.15, 0.2) is 24.3 Å². The van der Waals surface area contributed by atoms with Crippen LogP contribution in [0.4, 0.5) is 13.2 Å². The Balaban J connectivity index is 0.00000264. The van der Waals surface area contributed by atoms with E-state index in [4.69, 9.17) is 0 Å². The fraction of sp³-hybridized carbons (Fsp3) is 0.562. The third-order valence-electron chi connectivity index (χ3n) is 4.10. The van der Waals surface area contributed by atoms with Crippen LogP contribution in [0.3, 0.4) is 0 Å². The Morgan fingerprint density at radius 1 is 1.22 bits per heavy atom. The molecule has 0 saturated carbocycles. The Hall–Kier alpha value is -1.27. The molecule has 0 aromatic heterocycles. The lowest BCUT2D eigenvalue weighted by Gasteiger charge is -2.32. The largest absolute Gasteiger partial charge is 0.416 e. The molecule has 0 spiro atoms. The number of hydrogen-bond donors (Lipinski definition) is 1. The molecule has 1 aromatic rings. The van der Waals surface area contributed by atoms with Crippen molar-refractivity contribution >= 4 is 18.3 Å². The molecule has 0 unspecified atom stereocenters. The minimum atomic E-state index is -4.34. The zero-order valence-electron chi connectivity index (χ0n) is 13.0. The van der Waals surface area contributed by atoms with Gasteiger partial charge in [-0.1, -0.05) is 12.1 Å². The first-order valence-electron chi connectivity index (χ1n) is 7.48. The number of carbonyl (C=O) groups is 1. The Bertz CT molecular complexity index is 497. The Kier molecular flexibility index (Phi) is 7.35. The number of hydrogen-bond acceptors (Lipinski definition) is 2. The second-order valence-electron chi connectivity index (χ2n) is 5.75. The van der Waals surface area contributed by atoms with E-state index in [-0.39, 0.29) is 24.7 Å². The molecule has 23 heavy (non-hydrogen) atoms. The van der Waals surface area contributed by atoms with Gasteiger partial charge in [0.05, 0.1) is 12.0 Å². The molecular weight excluding hydrogens is 329 g/mol. The van der Waals surface area contributed by atoms with Crippen molar-refractivity contribution in [2.45, 2.75) is 25.4 Å².